The van der Waals surface area contributed by atoms with Gasteiger partial charge in [0.25, 0.3) is 0 Å². The first kappa shape index (κ1) is 14.5. The van der Waals surface area contributed by atoms with Crippen molar-refractivity contribution in [1.82, 2.24) is 0 Å². The van der Waals surface area contributed by atoms with Crippen molar-refractivity contribution < 1.29 is 19.0 Å². The van der Waals surface area contributed by atoms with Crippen LogP contribution in [0, 0.1) is 17.7 Å². The molecule has 18 heavy (non-hydrogen) atoms. The quantitative estimate of drug-likeness (QED) is 0.643. The minimum atomic E-state index is -0.385. The molecule has 0 atom stereocenters. The number of halogens is 1. The van der Waals surface area contributed by atoms with Gasteiger partial charge in [0.2, 0.25) is 0 Å². The van der Waals surface area contributed by atoms with Crippen molar-refractivity contribution in [3.8, 4) is 17.6 Å². The lowest BCUT2D eigenvalue weighted by Gasteiger charge is -2.10. The maximum atomic E-state index is 13.1. The topological polar surface area (TPSA) is 38.7 Å². The maximum absolute atomic E-state index is 13.1. The summed E-state index contributed by atoms with van der Waals surface area (Å²) in [7, 11) is 0. The average molecular weight is 252 g/mol. The minimum absolute atomic E-state index is 0.134. The lowest BCUT2D eigenvalue weighted by atomic mass is 10.2. The molecule has 98 valence electrons. The number of ether oxygens (including phenoxy) is 2. The molecular formula is C14H17FO3. The number of hydrogen-bond donors (Lipinski definition) is 1. The van der Waals surface area contributed by atoms with Crippen molar-refractivity contribution >= 4 is 0 Å². The van der Waals surface area contributed by atoms with E-state index < -0.39 is 0 Å². The molecule has 0 aliphatic carbocycles. The van der Waals surface area contributed by atoms with Gasteiger partial charge in [-0.3, -0.25) is 0 Å². The summed E-state index contributed by atoms with van der Waals surface area (Å²) >= 11 is 0. The molecule has 0 amide bonds. The van der Waals surface area contributed by atoms with E-state index in [9.17, 15) is 4.39 Å². The molecule has 1 aromatic carbocycles. The summed E-state index contributed by atoms with van der Waals surface area (Å²) in [5.41, 5.74) is 0.551. The van der Waals surface area contributed by atoms with E-state index in [1.54, 1.807) is 0 Å². The van der Waals surface area contributed by atoms with E-state index in [0.29, 0.717) is 24.5 Å². The van der Waals surface area contributed by atoms with Crippen LogP contribution in [0.4, 0.5) is 4.39 Å². The second kappa shape index (κ2) is 7.70. The molecular weight excluding hydrogens is 235 g/mol. The zero-order valence-electron chi connectivity index (χ0n) is 10.6. The van der Waals surface area contributed by atoms with E-state index in [1.165, 1.54) is 18.2 Å². The molecule has 1 aromatic rings. The molecule has 0 unspecified atom stereocenters. The van der Waals surface area contributed by atoms with Crippen LogP contribution in [-0.4, -0.2) is 31.0 Å². The Hall–Kier alpha value is -1.57. The Morgan fingerprint density at radius 1 is 1.33 bits per heavy atom. The molecule has 0 aromatic heterocycles. The molecule has 0 spiro atoms. The van der Waals surface area contributed by atoms with Crippen LogP contribution in [0.2, 0.25) is 0 Å². The highest BCUT2D eigenvalue weighted by Gasteiger charge is 2.04. The van der Waals surface area contributed by atoms with Gasteiger partial charge >= 0.3 is 0 Å². The van der Waals surface area contributed by atoms with Crippen LogP contribution in [0.25, 0.3) is 0 Å². The summed E-state index contributed by atoms with van der Waals surface area (Å²) in [5, 5.41) is 8.64. The van der Waals surface area contributed by atoms with Gasteiger partial charge < -0.3 is 14.6 Å². The Bertz CT molecular complexity index is 432. The van der Waals surface area contributed by atoms with Gasteiger partial charge in [-0.25, -0.2) is 4.39 Å². The third-order valence-corrected chi connectivity index (χ3v) is 2.04. The van der Waals surface area contributed by atoms with Gasteiger partial charge in [-0.05, 0) is 26.0 Å². The second-order valence-corrected chi connectivity index (χ2v) is 3.87. The van der Waals surface area contributed by atoms with Gasteiger partial charge in [-0.1, -0.05) is 11.8 Å². The fourth-order valence-corrected chi connectivity index (χ4v) is 1.29. The Morgan fingerprint density at radius 2 is 2.11 bits per heavy atom. The van der Waals surface area contributed by atoms with E-state index in [2.05, 4.69) is 11.8 Å². The lowest BCUT2D eigenvalue weighted by Crippen LogP contribution is -2.11. The van der Waals surface area contributed by atoms with E-state index in [-0.39, 0.29) is 18.5 Å². The molecule has 0 saturated heterocycles. The zero-order valence-corrected chi connectivity index (χ0v) is 10.6. The van der Waals surface area contributed by atoms with Gasteiger partial charge in [0.15, 0.2) is 0 Å². The Kier molecular flexibility index (Phi) is 6.20. The highest BCUT2D eigenvalue weighted by atomic mass is 19.1. The van der Waals surface area contributed by atoms with Crippen molar-refractivity contribution in [2.75, 3.05) is 19.8 Å². The first-order valence-corrected chi connectivity index (χ1v) is 5.77. The SMILES string of the molecule is CC(C)OCCOc1cc(F)ccc1C#CCO. The van der Waals surface area contributed by atoms with E-state index in [0.717, 1.165) is 0 Å². The molecule has 4 heteroatoms. The molecule has 0 radical (unpaired) electrons. The number of aliphatic hydroxyl groups is 1. The monoisotopic (exact) mass is 252 g/mol. The maximum Gasteiger partial charge on any atom is 0.137 e. The Balaban J connectivity index is 2.64. The highest BCUT2D eigenvalue weighted by Crippen LogP contribution is 2.18. The van der Waals surface area contributed by atoms with Crippen LogP contribution >= 0.6 is 0 Å². The molecule has 0 aliphatic rings. The van der Waals surface area contributed by atoms with Crippen LogP contribution in [0.5, 0.6) is 5.75 Å². The number of rotatable bonds is 5. The predicted molar refractivity (Wildman–Crippen MR) is 66.9 cm³/mol. The smallest absolute Gasteiger partial charge is 0.137 e. The first-order chi connectivity index (χ1) is 8.63. The van der Waals surface area contributed by atoms with Crippen molar-refractivity contribution in [2.45, 2.75) is 20.0 Å². The molecule has 1 N–H and O–H groups in total. The summed E-state index contributed by atoms with van der Waals surface area (Å²) in [4.78, 5) is 0. The molecule has 0 aliphatic heterocycles. The number of hydrogen-bond acceptors (Lipinski definition) is 3. The molecule has 1 rings (SSSR count). The van der Waals surface area contributed by atoms with Gasteiger partial charge in [0, 0.05) is 6.07 Å². The zero-order chi connectivity index (χ0) is 13.4. The van der Waals surface area contributed by atoms with Gasteiger partial charge in [0.1, 0.15) is 24.8 Å². The van der Waals surface area contributed by atoms with Gasteiger partial charge in [0.05, 0.1) is 18.3 Å². The summed E-state index contributed by atoms with van der Waals surface area (Å²) in [6, 6.07) is 4.10. The number of benzene rings is 1. The van der Waals surface area contributed by atoms with Crippen LogP contribution in [-0.2, 0) is 4.74 Å². The van der Waals surface area contributed by atoms with Crippen molar-refractivity contribution in [1.29, 1.82) is 0 Å². The molecule has 0 saturated carbocycles. The fourth-order valence-electron chi connectivity index (χ4n) is 1.29. The first-order valence-electron chi connectivity index (χ1n) is 5.77. The molecule has 3 nitrogen and oxygen atoms in total. The normalized spacial score (nSPS) is 10.1. The van der Waals surface area contributed by atoms with Crippen molar-refractivity contribution in [2.24, 2.45) is 0 Å². The third-order valence-electron chi connectivity index (χ3n) is 2.04. The van der Waals surface area contributed by atoms with E-state index in [1.807, 2.05) is 13.8 Å². The minimum Gasteiger partial charge on any atom is -0.490 e. The van der Waals surface area contributed by atoms with Crippen LogP contribution < -0.4 is 4.74 Å². The van der Waals surface area contributed by atoms with Crippen molar-refractivity contribution in [3.63, 3.8) is 0 Å². The standard InChI is InChI=1S/C14H17FO3/c1-11(2)17-8-9-18-14-10-13(15)6-5-12(14)4-3-7-16/h5-6,10-11,16H,7-9H2,1-2H3. The van der Waals surface area contributed by atoms with Gasteiger partial charge in [-0.15, -0.1) is 0 Å². The second-order valence-electron chi connectivity index (χ2n) is 3.87. The van der Waals surface area contributed by atoms with Crippen LogP contribution in [0.1, 0.15) is 19.4 Å². The summed E-state index contributed by atoms with van der Waals surface area (Å²) < 4.78 is 23.8. The average Bonchev–Trinajstić information content (AvgIpc) is 2.33. The van der Waals surface area contributed by atoms with E-state index >= 15 is 0 Å². The Labute approximate surface area is 107 Å². The molecule has 0 heterocycles. The molecule has 0 bridgehead atoms. The van der Waals surface area contributed by atoms with Crippen LogP contribution in [0.15, 0.2) is 18.2 Å². The lowest BCUT2D eigenvalue weighted by molar-refractivity contribution is 0.0551. The van der Waals surface area contributed by atoms with Gasteiger partial charge in [-0.2, -0.15) is 0 Å². The molecule has 0 fully saturated rings. The van der Waals surface area contributed by atoms with E-state index in [4.69, 9.17) is 14.6 Å². The number of aliphatic hydroxyl groups excluding tert-OH is 1. The summed E-state index contributed by atoms with van der Waals surface area (Å²) in [6.45, 7) is 4.38. The largest absolute Gasteiger partial charge is 0.490 e. The summed E-state index contributed by atoms with van der Waals surface area (Å²) in [6.07, 6.45) is 0.134. The fraction of sp³-hybridized carbons (Fsp3) is 0.429. The highest BCUT2D eigenvalue weighted by molar-refractivity contribution is 5.46. The van der Waals surface area contributed by atoms with Crippen molar-refractivity contribution in [3.05, 3.63) is 29.6 Å². The Morgan fingerprint density at radius 3 is 2.78 bits per heavy atom. The van der Waals surface area contributed by atoms with Crippen LogP contribution in [0.3, 0.4) is 0 Å². The summed E-state index contributed by atoms with van der Waals surface area (Å²) in [5.74, 6) is 5.19. The third kappa shape index (κ3) is 5.17. The predicted octanol–water partition coefficient (Wildman–Crippen LogP) is 1.97.